The zero-order valence-electron chi connectivity index (χ0n) is 20.1. The number of piperidine rings is 1. The van der Waals surface area contributed by atoms with Gasteiger partial charge in [-0.05, 0) is 25.0 Å². The van der Waals surface area contributed by atoms with Crippen LogP contribution in [0.1, 0.15) is 28.9 Å². The fourth-order valence-electron chi connectivity index (χ4n) is 4.82. The number of anilines is 1. The Kier molecular flexibility index (Phi) is 6.91. The summed E-state index contributed by atoms with van der Waals surface area (Å²) in [5.74, 6) is 1.14. The number of nitrogens with zero attached hydrogens (tertiary/aromatic N) is 3. The Morgan fingerprint density at radius 3 is 2.56 bits per heavy atom. The number of hydrogen-bond acceptors (Lipinski definition) is 6. The van der Waals surface area contributed by atoms with Gasteiger partial charge in [0, 0.05) is 49.4 Å². The van der Waals surface area contributed by atoms with Gasteiger partial charge in [0.2, 0.25) is 0 Å². The lowest BCUT2D eigenvalue weighted by Crippen LogP contribution is -2.46. The third-order valence-corrected chi connectivity index (χ3v) is 7.13. The van der Waals surface area contributed by atoms with E-state index in [-0.39, 0.29) is 5.91 Å². The lowest BCUT2D eigenvalue weighted by atomic mass is 9.84. The molecule has 0 aliphatic carbocycles. The van der Waals surface area contributed by atoms with Crippen molar-refractivity contribution in [3.05, 3.63) is 76.9 Å². The van der Waals surface area contributed by atoms with Gasteiger partial charge in [-0.15, -0.1) is 0 Å². The van der Waals surface area contributed by atoms with Crippen LogP contribution in [0.2, 0.25) is 5.02 Å². The van der Waals surface area contributed by atoms with Crippen LogP contribution in [0.15, 0.2) is 60.7 Å². The lowest BCUT2D eigenvalue weighted by Gasteiger charge is -2.41. The number of fused-ring (bicyclic) bond motifs is 1. The summed E-state index contributed by atoms with van der Waals surface area (Å²) in [7, 11) is 1.71. The first kappa shape index (κ1) is 24.2. The largest absolute Gasteiger partial charge is 0.373 e. The number of carbonyl (C=O) groups excluding carboxylic acids is 1. The highest BCUT2D eigenvalue weighted by atomic mass is 35.5. The van der Waals surface area contributed by atoms with E-state index in [0.717, 1.165) is 16.5 Å². The first-order chi connectivity index (χ1) is 17.5. The van der Waals surface area contributed by atoms with Gasteiger partial charge < -0.3 is 25.7 Å². The average Bonchev–Trinajstić information content (AvgIpc) is 3.36. The van der Waals surface area contributed by atoms with Crippen molar-refractivity contribution in [1.82, 2.24) is 19.9 Å². The van der Waals surface area contributed by atoms with Crippen molar-refractivity contribution in [3.8, 4) is 11.4 Å². The van der Waals surface area contributed by atoms with Crippen LogP contribution in [0, 0.1) is 0 Å². The molecule has 1 saturated heterocycles. The summed E-state index contributed by atoms with van der Waals surface area (Å²) in [4.78, 5) is 28.0. The number of H-pyrrole nitrogens is 1. The highest BCUT2D eigenvalue weighted by Gasteiger charge is 2.39. The van der Waals surface area contributed by atoms with E-state index >= 15 is 0 Å². The Labute approximate surface area is 214 Å². The maximum absolute atomic E-state index is 13.5. The number of hydrogen-bond donors (Lipinski definition) is 3. The van der Waals surface area contributed by atoms with Gasteiger partial charge in [-0.2, -0.15) is 0 Å². The Balaban J connectivity index is 1.41. The van der Waals surface area contributed by atoms with Crippen molar-refractivity contribution in [2.45, 2.75) is 18.4 Å². The van der Waals surface area contributed by atoms with Crippen LogP contribution < -0.4 is 11.1 Å². The molecule has 36 heavy (non-hydrogen) atoms. The van der Waals surface area contributed by atoms with Crippen molar-refractivity contribution in [2.75, 3.05) is 38.6 Å². The van der Waals surface area contributed by atoms with Crippen LogP contribution in [0.3, 0.4) is 0 Å². The molecule has 3 heterocycles. The van der Waals surface area contributed by atoms with E-state index in [1.54, 1.807) is 7.11 Å². The minimum absolute atomic E-state index is 0.0807. The molecule has 1 amide bonds. The first-order valence-electron chi connectivity index (χ1n) is 12.0. The molecule has 4 aromatic rings. The van der Waals surface area contributed by atoms with Gasteiger partial charge in [-0.3, -0.25) is 4.79 Å². The van der Waals surface area contributed by atoms with Gasteiger partial charge in [0.25, 0.3) is 5.91 Å². The second kappa shape index (κ2) is 10.3. The molecule has 1 aliphatic rings. The van der Waals surface area contributed by atoms with Gasteiger partial charge in [0.05, 0.1) is 11.0 Å². The second-order valence-corrected chi connectivity index (χ2v) is 9.30. The molecule has 2 aromatic heterocycles. The highest BCUT2D eigenvalue weighted by Crippen LogP contribution is 2.40. The van der Waals surface area contributed by atoms with Crippen LogP contribution >= 0.6 is 11.6 Å². The summed E-state index contributed by atoms with van der Waals surface area (Å²) in [6.45, 7) is 2.11. The second-order valence-electron chi connectivity index (χ2n) is 8.89. The van der Waals surface area contributed by atoms with Crippen molar-refractivity contribution in [2.24, 2.45) is 5.73 Å². The zero-order chi connectivity index (χ0) is 25.1. The predicted molar refractivity (Wildman–Crippen MR) is 142 cm³/mol. The van der Waals surface area contributed by atoms with E-state index in [0.29, 0.717) is 67.0 Å². The number of nitrogens with two attached hydrogens (primary N) is 1. The van der Waals surface area contributed by atoms with E-state index in [1.807, 2.05) is 65.6 Å². The number of benzene rings is 2. The van der Waals surface area contributed by atoms with Gasteiger partial charge in [0.15, 0.2) is 5.82 Å². The molecule has 1 aliphatic heterocycles. The number of amides is 1. The Morgan fingerprint density at radius 1 is 1.14 bits per heavy atom. The number of halogens is 1. The SMILES string of the molecule is COC1(c2ccccc2Cl)CCN(C(=O)c2cc3c(NCCN)nc(-c4ccccc4)nc3[nH]2)CC1. The standard InChI is InChI=1S/C27H29ClN6O2/c1-36-27(20-9-5-6-10-21(20)28)11-15-34(16-12-27)26(35)22-17-19-24(30-14-13-29)32-23(33-25(19)31-22)18-7-3-2-4-8-18/h2-10,17H,11-16,29H2,1H3,(H2,30,31,32,33). The third kappa shape index (κ3) is 4.55. The molecule has 9 heteroatoms. The minimum atomic E-state index is -0.509. The van der Waals surface area contributed by atoms with Gasteiger partial charge in [-0.25, -0.2) is 9.97 Å². The molecule has 2 aromatic carbocycles. The molecule has 5 rings (SSSR count). The minimum Gasteiger partial charge on any atom is -0.373 e. The molecule has 0 saturated carbocycles. The first-order valence-corrected chi connectivity index (χ1v) is 12.4. The van der Waals surface area contributed by atoms with Crippen LogP contribution in [0.4, 0.5) is 5.82 Å². The number of rotatable bonds is 7. The van der Waals surface area contributed by atoms with E-state index in [9.17, 15) is 4.79 Å². The highest BCUT2D eigenvalue weighted by molar-refractivity contribution is 6.31. The Bertz CT molecular complexity index is 1370. The molecule has 8 nitrogen and oxygen atoms in total. The Hall–Kier alpha value is -3.46. The fourth-order valence-corrected chi connectivity index (χ4v) is 5.13. The number of carbonyl (C=O) groups is 1. The van der Waals surface area contributed by atoms with E-state index < -0.39 is 5.60 Å². The number of nitrogens with one attached hydrogen (secondary N) is 2. The van der Waals surface area contributed by atoms with Crippen LogP contribution in [0.5, 0.6) is 0 Å². The lowest BCUT2D eigenvalue weighted by molar-refractivity contribution is -0.0574. The van der Waals surface area contributed by atoms with Crippen LogP contribution in [0.25, 0.3) is 22.4 Å². The van der Waals surface area contributed by atoms with E-state index in [1.165, 1.54) is 0 Å². The molecule has 0 bridgehead atoms. The topological polar surface area (TPSA) is 109 Å². The normalized spacial score (nSPS) is 15.2. The molecule has 4 N–H and O–H groups in total. The average molecular weight is 505 g/mol. The van der Waals surface area contributed by atoms with E-state index in [4.69, 9.17) is 32.0 Å². The summed E-state index contributed by atoms with van der Waals surface area (Å²) in [5.41, 5.74) is 8.14. The van der Waals surface area contributed by atoms with Crippen molar-refractivity contribution in [3.63, 3.8) is 0 Å². The predicted octanol–water partition coefficient (Wildman–Crippen LogP) is 4.43. The van der Waals surface area contributed by atoms with Crippen molar-refractivity contribution in [1.29, 1.82) is 0 Å². The molecule has 186 valence electrons. The monoisotopic (exact) mass is 504 g/mol. The molecule has 0 spiro atoms. The molecular formula is C27H29ClN6O2. The number of aromatic nitrogens is 3. The van der Waals surface area contributed by atoms with Crippen LogP contribution in [-0.4, -0.2) is 59.0 Å². The zero-order valence-corrected chi connectivity index (χ0v) is 20.9. The number of methoxy groups -OCH3 is 1. The number of aromatic amines is 1. The maximum atomic E-state index is 13.5. The fraction of sp³-hybridized carbons (Fsp3) is 0.296. The van der Waals surface area contributed by atoms with Gasteiger partial charge in [0.1, 0.15) is 17.2 Å². The van der Waals surface area contributed by atoms with E-state index in [2.05, 4.69) is 10.3 Å². The quantitative estimate of drug-likeness (QED) is 0.343. The van der Waals surface area contributed by atoms with Crippen molar-refractivity contribution >= 4 is 34.4 Å². The van der Waals surface area contributed by atoms with Crippen LogP contribution in [-0.2, 0) is 10.3 Å². The summed E-state index contributed by atoms with van der Waals surface area (Å²) < 4.78 is 5.97. The summed E-state index contributed by atoms with van der Waals surface area (Å²) in [5, 5.41) is 4.71. The summed E-state index contributed by atoms with van der Waals surface area (Å²) >= 11 is 6.48. The molecule has 0 radical (unpaired) electrons. The summed E-state index contributed by atoms with van der Waals surface area (Å²) in [6, 6.07) is 19.3. The number of likely N-dealkylation sites (tertiary alicyclic amines) is 1. The molecule has 0 atom stereocenters. The summed E-state index contributed by atoms with van der Waals surface area (Å²) in [6.07, 6.45) is 1.31. The third-order valence-electron chi connectivity index (χ3n) is 6.80. The molecule has 0 unspecified atom stereocenters. The smallest absolute Gasteiger partial charge is 0.270 e. The number of ether oxygens (including phenoxy) is 1. The van der Waals surface area contributed by atoms with Gasteiger partial charge >= 0.3 is 0 Å². The Morgan fingerprint density at radius 2 is 1.86 bits per heavy atom. The molecular weight excluding hydrogens is 476 g/mol. The maximum Gasteiger partial charge on any atom is 0.270 e. The molecule has 1 fully saturated rings. The van der Waals surface area contributed by atoms with Crippen molar-refractivity contribution < 1.29 is 9.53 Å². The van der Waals surface area contributed by atoms with Gasteiger partial charge in [-0.1, -0.05) is 60.1 Å².